The number of carbonyl (C=O) groups excluding carboxylic acids is 1. The van der Waals surface area contributed by atoms with E-state index in [2.05, 4.69) is 15.1 Å². The summed E-state index contributed by atoms with van der Waals surface area (Å²) in [6, 6.07) is 7.63. The molecule has 0 radical (unpaired) electrons. The van der Waals surface area contributed by atoms with E-state index < -0.39 is 43.3 Å². The summed E-state index contributed by atoms with van der Waals surface area (Å²) in [6.07, 6.45) is 4.11. The number of esters is 1. The van der Waals surface area contributed by atoms with Crippen molar-refractivity contribution in [1.82, 2.24) is 18.9 Å². The highest BCUT2D eigenvalue weighted by Crippen LogP contribution is 2.52. The number of nitrogens with zero attached hydrogens (tertiary/aromatic N) is 5. The lowest BCUT2D eigenvalue weighted by Gasteiger charge is -2.32. The summed E-state index contributed by atoms with van der Waals surface area (Å²) in [5, 5.41) is 2.85. The highest BCUT2D eigenvalue weighted by molar-refractivity contribution is 7.47. The van der Waals surface area contributed by atoms with E-state index in [1.807, 2.05) is 7.05 Å². The molecule has 2 N–H and O–H groups in total. The van der Waals surface area contributed by atoms with Crippen LogP contribution in [0.5, 0.6) is 0 Å². The van der Waals surface area contributed by atoms with Crippen molar-refractivity contribution in [2.45, 2.75) is 52.5 Å². The van der Waals surface area contributed by atoms with Crippen LogP contribution in [0.1, 0.15) is 44.5 Å². The second kappa shape index (κ2) is 13.2. The zero-order valence-electron chi connectivity index (χ0n) is 29.8. The minimum Gasteiger partial charge on any atom is -0.462 e. The average Bonchev–Trinajstić information content (AvgIpc) is 3.77. The normalized spacial score (nSPS) is 19.1. The van der Waals surface area contributed by atoms with Crippen LogP contribution < -0.4 is 15.8 Å². The number of ether oxygens (including phenoxy) is 1. The van der Waals surface area contributed by atoms with Gasteiger partial charge in [0.2, 0.25) is 0 Å². The lowest BCUT2D eigenvalue weighted by Crippen LogP contribution is -2.35. The van der Waals surface area contributed by atoms with E-state index in [1.165, 1.54) is 15.0 Å². The highest BCUT2D eigenvalue weighted by atomic mass is 31.2. The molecule has 2 saturated heterocycles. The molecule has 276 valence electrons. The number of pyridine rings is 3. The molecule has 52 heavy (non-hydrogen) atoms. The highest BCUT2D eigenvalue weighted by Gasteiger charge is 2.43. The fourth-order valence-electron chi connectivity index (χ4n) is 7.55. The van der Waals surface area contributed by atoms with Gasteiger partial charge in [-0.2, -0.15) is 0 Å². The number of hydrogen-bond acceptors (Lipinski definition) is 10. The van der Waals surface area contributed by atoms with Crippen LogP contribution in [0.15, 0.2) is 47.5 Å². The smallest absolute Gasteiger partial charge is 0.462 e. The van der Waals surface area contributed by atoms with Crippen molar-refractivity contribution in [3.63, 3.8) is 0 Å². The number of phosphoric ester groups is 1. The van der Waals surface area contributed by atoms with Crippen LogP contribution in [0.4, 0.5) is 20.2 Å². The Morgan fingerprint density at radius 1 is 1.15 bits per heavy atom. The van der Waals surface area contributed by atoms with E-state index in [0.717, 1.165) is 25.6 Å². The topological polar surface area (TPSA) is 140 Å². The predicted octanol–water partition coefficient (Wildman–Crippen LogP) is 5.95. The molecular formula is C36H41F2N6O7P. The predicted molar refractivity (Wildman–Crippen MR) is 193 cm³/mol. The summed E-state index contributed by atoms with van der Waals surface area (Å²) in [6.45, 7) is 8.23. The Morgan fingerprint density at radius 3 is 2.62 bits per heavy atom. The first-order valence-corrected chi connectivity index (χ1v) is 18.6. The van der Waals surface area contributed by atoms with Gasteiger partial charge in [0.1, 0.15) is 18.1 Å². The van der Waals surface area contributed by atoms with Crippen LogP contribution >= 0.6 is 7.82 Å². The molecule has 0 amide bonds. The van der Waals surface area contributed by atoms with Gasteiger partial charge in [-0.15, -0.1) is 0 Å². The van der Waals surface area contributed by atoms with Gasteiger partial charge >= 0.3 is 13.8 Å². The average molecular weight is 739 g/mol. The Balaban J connectivity index is 1.54. The molecule has 4 aliphatic heterocycles. The summed E-state index contributed by atoms with van der Waals surface area (Å²) in [7, 11) is -1.00. The summed E-state index contributed by atoms with van der Waals surface area (Å²) >= 11 is 0. The molecule has 13 nitrogen and oxygen atoms in total. The maximum atomic E-state index is 16.2. The second-order valence-electron chi connectivity index (χ2n) is 14.3. The lowest BCUT2D eigenvalue weighted by atomic mass is 9.97. The number of likely N-dealkylation sites (tertiary alicyclic amines) is 1. The lowest BCUT2D eigenvalue weighted by molar-refractivity contribution is 0.0484. The summed E-state index contributed by atoms with van der Waals surface area (Å²) in [5.74, 6) is -2.43. The Labute approximate surface area is 298 Å². The number of benzene rings is 1. The number of phosphoric acid groups is 1. The van der Waals surface area contributed by atoms with Crippen LogP contribution in [0.2, 0.25) is 0 Å². The first-order chi connectivity index (χ1) is 24.6. The quantitative estimate of drug-likeness (QED) is 0.137. The third-order valence-corrected chi connectivity index (χ3v) is 10.8. The van der Waals surface area contributed by atoms with Gasteiger partial charge in [-0.25, -0.2) is 23.1 Å². The van der Waals surface area contributed by atoms with Crippen LogP contribution in [0, 0.1) is 17.6 Å². The van der Waals surface area contributed by atoms with E-state index in [1.54, 1.807) is 65.3 Å². The fourth-order valence-corrected chi connectivity index (χ4v) is 8.57. The zero-order valence-corrected chi connectivity index (χ0v) is 30.7. The van der Waals surface area contributed by atoms with Crippen molar-refractivity contribution in [2.24, 2.45) is 5.92 Å². The Hall–Kier alpha value is -4.40. The van der Waals surface area contributed by atoms with Crippen molar-refractivity contribution < 1.29 is 36.8 Å². The van der Waals surface area contributed by atoms with Gasteiger partial charge in [-0.05, 0) is 65.3 Å². The molecule has 16 heteroatoms. The number of anilines is 2. The van der Waals surface area contributed by atoms with Gasteiger partial charge in [0, 0.05) is 67.8 Å². The standard InChI is InChI=1S/C36H41F2N6O7P/c1-7-49-35(46)23-11-10-22-9-8-20(16-44(22)34(23)45)24-17-42(19-50-52(47,48)51-36(2,3)4)33-29(28-30(38)25(37)14-26(39-5)31(28)40-33)32(24)43-13-12-21-15-41(6)18-27(21)43/h8-11,14,16-17,21,27,39H,7,12-13,15,18-19H2,1-6H3,(H,47,48)/t21-,27+/m0/s1. The summed E-state index contributed by atoms with van der Waals surface area (Å²) < 4.78 is 63.4. The van der Waals surface area contributed by atoms with Gasteiger partial charge in [-0.3, -0.25) is 18.2 Å². The zero-order chi connectivity index (χ0) is 37.3. The molecule has 6 heterocycles. The minimum absolute atomic E-state index is 0.0285. The largest absolute Gasteiger partial charge is 0.474 e. The number of aromatic nitrogens is 3. The molecule has 3 atom stereocenters. The second-order valence-corrected chi connectivity index (χ2v) is 15.7. The number of carbonyl (C=O) groups is 1. The van der Waals surface area contributed by atoms with Crippen LogP contribution in [-0.2, 0) is 25.1 Å². The molecular weight excluding hydrogens is 697 g/mol. The first kappa shape index (κ1) is 36.0. The van der Waals surface area contributed by atoms with E-state index in [-0.39, 0.29) is 46.2 Å². The van der Waals surface area contributed by atoms with Crippen molar-refractivity contribution >= 4 is 41.6 Å². The van der Waals surface area contributed by atoms with Gasteiger partial charge in [0.05, 0.1) is 40.0 Å². The van der Waals surface area contributed by atoms with E-state index in [9.17, 15) is 19.0 Å². The Bertz CT molecular complexity index is 2300. The Morgan fingerprint density at radius 2 is 1.90 bits per heavy atom. The van der Waals surface area contributed by atoms with Crippen LogP contribution in [0.3, 0.4) is 0 Å². The van der Waals surface area contributed by atoms with Gasteiger partial charge in [-0.1, -0.05) is 6.07 Å². The number of rotatable bonds is 9. The molecule has 4 aliphatic rings. The maximum absolute atomic E-state index is 16.2. The molecule has 1 aromatic carbocycles. The van der Waals surface area contributed by atoms with Crippen molar-refractivity contribution in [1.29, 1.82) is 0 Å². The maximum Gasteiger partial charge on any atom is 0.474 e. The van der Waals surface area contributed by atoms with Crippen molar-refractivity contribution in [2.75, 3.05) is 50.6 Å². The number of hydrogen-bond donors (Lipinski definition) is 2. The number of nitrogens with one attached hydrogen (secondary N) is 1. The summed E-state index contributed by atoms with van der Waals surface area (Å²) in [4.78, 5) is 46.2. The van der Waals surface area contributed by atoms with Crippen molar-refractivity contribution in [3.8, 4) is 22.5 Å². The molecule has 0 spiro atoms. The number of halogens is 2. The van der Waals surface area contributed by atoms with Gasteiger partial charge in [0.25, 0.3) is 5.56 Å². The molecule has 1 unspecified atom stereocenters. The van der Waals surface area contributed by atoms with Crippen LogP contribution in [0.25, 0.3) is 38.9 Å². The monoisotopic (exact) mass is 738 g/mol. The minimum atomic E-state index is -4.63. The van der Waals surface area contributed by atoms with E-state index in [4.69, 9.17) is 18.8 Å². The van der Waals surface area contributed by atoms with Gasteiger partial charge in [0.15, 0.2) is 11.6 Å². The molecule has 0 saturated carbocycles. The number of likely N-dealkylation sites (N-methyl/N-ethyl adjacent to an activating group) is 1. The van der Waals surface area contributed by atoms with E-state index in [0.29, 0.717) is 34.8 Å². The molecule has 0 aliphatic carbocycles. The Kier molecular flexibility index (Phi) is 9.15. The summed E-state index contributed by atoms with van der Waals surface area (Å²) in [5.41, 5.74) is 0.989. The number of fused-ring (bicyclic) bond motifs is 5. The first-order valence-electron chi connectivity index (χ1n) is 17.1. The third-order valence-electron chi connectivity index (χ3n) is 9.62. The molecule has 2 fully saturated rings. The molecule has 0 bridgehead atoms. The van der Waals surface area contributed by atoms with Gasteiger partial charge < -0.3 is 29.3 Å². The van der Waals surface area contributed by atoms with E-state index >= 15 is 8.78 Å². The van der Waals surface area contributed by atoms with Crippen LogP contribution in [-0.4, -0.2) is 81.7 Å². The molecule has 3 aromatic rings. The SMILES string of the molecule is CCOC(=O)c1ccc2ccc(-c3cn(COP(=O)(O)OC(C)(C)C)c4nc5c(NC)cc(F)c(F)c5c-4c3N3CC[C@H]4CN(C)C[C@H]43)cn2c1=O. The molecule has 2 aromatic heterocycles. The third kappa shape index (κ3) is 6.34. The van der Waals surface area contributed by atoms with Crippen molar-refractivity contribution in [3.05, 3.63) is 70.3 Å². The fraction of sp³-hybridized carbons (Fsp3) is 0.417. The molecule has 7 rings (SSSR count).